The number of nitrogens with zero attached hydrogens (tertiary/aromatic N) is 10. The minimum absolute atomic E-state index is 0.0177. The fourth-order valence-corrected chi connectivity index (χ4v) is 8.09. The molecule has 0 aliphatic heterocycles. The van der Waals surface area contributed by atoms with Gasteiger partial charge in [-0.3, -0.25) is 19.4 Å². The van der Waals surface area contributed by atoms with Crippen LogP contribution < -0.4 is 19.7 Å². The second-order valence-corrected chi connectivity index (χ2v) is 17.4. The first-order valence-electron chi connectivity index (χ1n) is 22.5. The molecule has 0 fully saturated rings. The Bertz CT molecular complexity index is 3010. The molecule has 25 heteroatoms. The van der Waals surface area contributed by atoms with E-state index in [4.69, 9.17) is 28.7 Å². The van der Waals surface area contributed by atoms with Gasteiger partial charge >= 0.3 is 30.2 Å². The largest absolute Gasteiger partial charge is 0.460 e. The van der Waals surface area contributed by atoms with Crippen LogP contribution in [-0.2, 0) is 58.6 Å². The number of hydrogen-bond acceptors (Lipinski definition) is 18. The summed E-state index contributed by atoms with van der Waals surface area (Å²) >= 11 is 1.21. The molecule has 0 aliphatic rings. The highest BCUT2D eigenvalue weighted by atomic mass is 32.1. The lowest BCUT2D eigenvalue weighted by atomic mass is 9.82. The molecule has 0 saturated heterocycles. The maximum absolute atomic E-state index is 15.5. The van der Waals surface area contributed by atoms with E-state index in [1.165, 1.54) is 80.6 Å². The van der Waals surface area contributed by atoms with Crippen LogP contribution in [0.4, 0.5) is 34.8 Å². The van der Waals surface area contributed by atoms with E-state index in [1.54, 1.807) is 67.9 Å². The number of benzene rings is 2. The van der Waals surface area contributed by atoms with E-state index in [2.05, 4.69) is 26.5 Å². The Balaban J connectivity index is 1.03. The van der Waals surface area contributed by atoms with Crippen molar-refractivity contribution in [1.82, 2.24) is 34.9 Å². The lowest BCUT2D eigenvalue weighted by Crippen LogP contribution is -2.42. The van der Waals surface area contributed by atoms with Crippen molar-refractivity contribution < 1.29 is 66.1 Å². The standard InChI is InChI=1S/C49H52F2N11O11S/c1-30(45-57-40(26-74-45)34-14-12-33(21-52)13-15-34)49(68,38-20-37(50)16-17-39(38)51)27-62-29-61(28-56-62)31(2)71-47(66)59(6)43-36(11-9-18-54-43)25-70-42(64)23-58(5)46(65)72-32(3)73-48(67)60(7)44-35(10-8-19-55-44)24-69-41(63)22-53-4/h8-20,26,28-32,53,68H,22-25,27H2,1-7H3/q+1/t30-,31?,32?,49+/m0/s1. The summed E-state index contributed by atoms with van der Waals surface area (Å²) in [6.07, 6.45) is 0.271. The Hall–Kier alpha value is -8.47. The van der Waals surface area contributed by atoms with Gasteiger partial charge in [-0.2, -0.15) is 9.83 Å². The van der Waals surface area contributed by atoms with Gasteiger partial charge in [-0.25, -0.2) is 38.1 Å². The Labute approximate surface area is 427 Å². The molecule has 3 amide bonds. The number of rotatable bonds is 20. The van der Waals surface area contributed by atoms with Gasteiger partial charge in [0.05, 0.1) is 28.9 Å². The molecule has 0 spiro atoms. The average Bonchev–Trinajstić information content (AvgIpc) is 4.08. The zero-order valence-corrected chi connectivity index (χ0v) is 42.0. The summed E-state index contributed by atoms with van der Waals surface area (Å²) < 4.78 is 59.6. The number of carbonyl (C=O) groups is 5. The number of aliphatic hydroxyl groups is 1. The topological polar surface area (TPSA) is 258 Å². The van der Waals surface area contributed by atoms with Gasteiger partial charge in [0.1, 0.15) is 55.2 Å². The predicted molar refractivity (Wildman–Crippen MR) is 258 cm³/mol. The van der Waals surface area contributed by atoms with E-state index in [0.717, 1.165) is 32.9 Å². The van der Waals surface area contributed by atoms with Crippen molar-refractivity contribution in [1.29, 1.82) is 5.26 Å². The molecule has 4 heterocycles. The molecule has 0 aliphatic carbocycles. The van der Waals surface area contributed by atoms with Crippen molar-refractivity contribution in [2.75, 3.05) is 51.1 Å². The van der Waals surface area contributed by atoms with Crippen molar-refractivity contribution in [2.45, 2.75) is 64.6 Å². The number of esters is 2. The summed E-state index contributed by atoms with van der Waals surface area (Å²) in [6, 6.07) is 17.9. The third-order valence-electron chi connectivity index (χ3n) is 11.2. The normalized spacial score (nSPS) is 13.0. The Kier molecular flexibility index (Phi) is 18.4. The fraction of sp³-hybridized carbons (Fsp3) is 0.327. The number of carbonyl (C=O) groups excluding carboxylic acids is 5. The molecule has 74 heavy (non-hydrogen) atoms. The highest BCUT2D eigenvalue weighted by molar-refractivity contribution is 7.10. The molecular formula is C49H52F2N11O11S+. The smallest absolute Gasteiger partial charge is 0.418 e. The second-order valence-electron chi connectivity index (χ2n) is 16.5. The quantitative estimate of drug-likeness (QED) is 0.0402. The minimum atomic E-state index is -2.11. The second kappa shape index (κ2) is 24.8. The number of amides is 3. The van der Waals surface area contributed by atoms with Gasteiger partial charge in [0.25, 0.3) is 6.33 Å². The first-order valence-corrected chi connectivity index (χ1v) is 23.4. The highest BCUT2D eigenvalue weighted by Gasteiger charge is 2.44. The van der Waals surface area contributed by atoms with Crippen LogP contribution in [0, 0.1) is 23.0 Å². The lowest BCUT2D eigenvalue weighted by molar-refractivity contribution is -0.753. The summed E-state index contributed by atoms with van der Waals surface area (Å²) in [5, 5.41) is 30.8. The van der Waals surface area contributed by atoms with Gasteiger partial charge < -0.3 is 39.0 Å². The van der Waals surface area contributed by atoms with Crippen molar-refractivity contribution in [3.05, 3.63) is 136 Å². The SMILES string of the molecule is CNCC(=O)OCc1cccnc1N(C)C(=O)OC(C)OC(=O)N(C)CC(=O)OCc1cccnc1N(C)C(=O)OC(C)[n+]1cnn(C[C@](O)(c2cc(F)ccc2F)[C@@H](C)c2nc(-c3ccc(C#N)cc3)cs2)c1. The Morgan fingerprint density at radius 1 is 0.865 bits per heavy atom. The van der Waals surface area contributed by atoms with E-state index in [1.807, 2.05) is 0 Å². The molecule has 4 aromatic heterocycles. The summed E-state index contributed by atoms with van der Waals surface area (Å²) in [7, 11) is 5.59. The number of thiazole rings is 1. The van der Waals surface area contributed by atoms with Gasteiger partial charge in [0, 0.05) is 86.0 Å². The number of ether oxygens (including phenoxy) is 5. The van der Waals surface area contributed by atoms with Crippen molar-refractivity contribution in [2.24, 2.45) is 0 Å². The zero-order chi connectivity index (χ0) is 53.7. The first kappa shape index (κ1) is 54.9. The van der Waals surface area contributed by atoms with Crippen LogP contribution in [0.2, 0.25) is 0 Å². The summed E-state index contributed by atoms with van der Waals surface area (Å²) in [5.41, 5.74) is 0.000222. The molecule has 0 saturated carbocycles. The number of halogens is 2. The summed E-state index contributed by atoms with van der Waals surface area (Å²) in [6.45, 7) is 2.92. The number of pyridine rings is 2. The summed E-state index contributed by atoms with van der Waals surface area (Å²) in [5.74, 6) is -3.72. The van der Waals surface area contributed by atoms with Gasteiger partial charge in [-0.15, -0.1) is 16.0 Å². The first-order chi connectivity index (χ1) is 35.3. The van der Waals surface area contributed by atoms with Crippen LogP contribution in [0.1, 0.15) is 60.2 Å². The number of nitriles is 1. The van der Waals surface area contributed by atoms with Crippen LogP contribution in [0.15, 0.2) is 97.2 Å². The third kappa shape index (κ3) is 13.7. The van der Waals surface area contributed by atoms with Crippen LogP contribution in [0.5, 0.6) is 0 Å². The monoisotopic (exact) mass is 1040 g/mol. The lowest BCUT2D eigenvalue weighted by Gasteiger charge is -2.32. The van der Waals surface area contributed by atoms with Gasteiger partial charge in [0.2, 0.25) is 18.8 Å². The minimum Gasteiger partial charge on any atom is -0.460 e. The molecule has 4 atom stereocenters. The predicted octanol–water partition coefficient (Wildman–Crippen LogP) is 5.71. The molecule has 2 unspecified atom stereocenters. The average molecular weight is 1040 g/mol. The molecular weight excluding hydrogens is 989 g/mol. The van der Waals surface area contributed by atoms with Crippen LogP contribution in [0.3, 0.4) is 0 Å². The number of anilines is 2. The van der Waals surface area contributed by atoms with Crippen molar-refractivity contribution in [3.8, 4) is 17.3 Å². The van der Waals surface area contributed by atoms with Gasteiger partial charge in [-0.05, 0) is 49.5 Å². The number of hydrogen-bond donors (Lipinski definition) is 2. The van der Waals surface area contributed by atoms with Gasteiger partial charge in [0.15, 0.2) is 0 Å². The highest BCUT2D eigenvalue weighted by Crippen LogP contribution is 2.41. The zero-order valence-electron chi connectivity index (χ0n) is 41.2. The summed E-state index contributed by atoms with van der Waals surface area (Å²) in [4.78, 5) is 80.2. The maximum Gasteiger partial charge on any atom is 0.418 e. The number of aromatic nitrogens is 6. The van der Waals surface area contributed by atoms with Crippen LogP contribution in [-0.4, -0.2) is 113 Å². The van der Waals surface area contributed by atoms with E-state index in [9.17, 15) is 38.7 Å². The molecule has 2 N–H and O–H groups in total. The molecule has 6 rings (SSSR count). The Morgan fingerprint density at radius 3 is 2.09 bits per heavy atom. The molecule has 2 aromatic carbocycles. The van der Waals surface area contributed by atoms with Crippen LogP contribution >= 0.6 is 11.3 Å². The molecule has 388 valence electrons. The van der Waals surface area contributed by atoms with Crippen molar-refractivity contribution >= 4 is 53.2 Å². The van der Waals surface area contributed by atoms with Crippen molar-refractivity contribution in [3.63, 3.8) is 0 Å². The fourth-order valence-electron chi connectivity index (χ4n) is 7.12. The van der Waals surface area contributed by atoms with E-state index >= 15 is 4.39 Å². The van der Waals surface area contributed by atoms with E-state index < -0.39 is 72.4 Å². The molecule has 0 bridgehead atoms. The van der Waals surface area contributed by atoms with E-state index in [0.29, 0.717) is 27.4 Å². The third-order valence-corrected chi connectivity index (χ3v) is 12.3. The van der Waals surface area contributed by atoms with Gasteiger partial charge in [-0.1, -0.05) is 31.2 Å². The van der Waals surface area contributed by atoms with E-state index in [-0.39, 0.29) is 49.1 Å². The number of likely N-dealkylation sites (N-methyl/N-ethyl adjacent to an activating group) is 2. The molecule has 22 nitrogen and oxygen atoms in total. The molecule has 0 radical (unpaired) electrons. The maximum atomic E-state index is 15.5. The molecule has 6 aromatic rings. The number of nitrogens with one attached hydrogen (secondary N) is 1. The Morgan fingerprint density at radius 2 is 1.47 bits per heavy atom. The van der Waals surface area contributed by atoms with Crippen LogP contribution in [0.25, 0.3) is 11.3 Å².